The van der Waals surface area contributed by atoms with Crippen molar-refractivity contribution in [3.8, 4) is 22.4 Å². The van der Waals surface area contributed by atoms with Crippen LogP contribution in [0.4, 0.5) is 0 Å². The summed E-state index contributed by atoms with van der Waals surface area (Å²) in [6.07, 6.45) is 7.49. The Morgan fingerprint density at radius 3 is 2.21 bits per heavy atom. The third-order valence-corrected chi connectivity index (χ3v) is 4.39. The average Bonchev–Trinajstić information content (AvgIpc) is 2.76. The van der Waals surface area contributed by atoms with Gasteiger partial charge in [-0.3, -0.25) is 0 Å². The summed E-state index contributed by atoms with van der Waals surface area (Å²) < 4.78 is 0. The van der Waals surface area contributed by atoms with Crippen molar-refractivity contribution in [2.24, 2.45) is 0 Å². The van der Waals surface area contributed by atoms with Gasteiger partial charge in [0.2, 0.25) is 0 Å². The van der Waals surface area contributed by atoms with Gasteiger partial charge < -0.3 is 0 Å². The second kappa shape index (κ2) is 11.0. The van der Waals surface area contributed by atoms with Crippen molar-refractivity contribution < 1.29 is 0 Å². The van der Waals surface area contributed by atoms with E-state index >= 15 is 0 Å². The fourth-order valence-corrected chi connectivity index (χ4v) is 3.00. The molecule has 2 aromatic carbocycles. The quantitative estimate of drug-likeness (QED) is 0.414. The van der Waals surface area contributed by atoms with Gasteiger partial charge in [-0.1, -0.05) is 99.2 Å². The van der Waals surface area contributed by atoms with E-state index in [0.717, 1.165) is 28.9 Å². The van der Waals surface area contributed by atoms with Crippen LogP contribution in [0.15, 0.2) is 85.0 Å². The molecule has 1 heteroatoms. The molecular weight excluding hydrogens is 338 g/mol. The lowest BCUT2D eigenvalue weighted by Gasteiger charge is -2.11. The lowest BCUT2D eigenvalue weighted by Crippen LogP contribution is -1.93. The number of aryl methyl sites for hydroxylation is 1. The minimum Gasteiger partial charge on any atom is -0.248 e. The number of nitrogens with zero attached hydrogens (tertiary/aromatic N) is 1. The van der Waals surface area contributed by atoms with Crippen molar-refractivity contribution in [1.82, 2.24) is 4.98 Å². The van der Waals surface area contributed by atoms with Gasteiger partial charge in [0.15, 0.2) is 0 Å². The van der Waals surface area contributed by atoms with Crippen LogP contribution in [0.3, 0.4) is 0 Å². The molecule has 0 aliphatic heterocycles. The number of hydrogen-bond acceptors (Lipinski definition) is 1. The highest BCUT2D eigenvalue weighted by Gasteiger charge is 2.09. The second-order valence-corrected chi connectivity index (χ2v) is 6.42. The first-order valence-corrected chi connectivity index (χ1v) is 10.2. The summed E-state index contributed by atoms with van der Waals surface area (Å²) in [6.45, 7) is 10.3. The third-order valence-electron chi connectivity index (χ3n) is 4.39. The number of aromatic nitrogens is 1. The number of hydrogen-bond donors (Lipinski definition) is 0. The normalized spacial score (nSPS) is 11.2. The first-order chi connectivity index (χ1) is 13.7. The Balaban J connectivity index is 0.00000136. The second-order valence-electron chi connectivity index (χ2n) is 6.42. The molecule has 0 saturated heterocycles. The Morgan fingerprint density at radius 2 is 1.57 bits per heavy atom. The Hall–Kier alpha value is -2.93. The summed E-state index contributed by atoms with van der Waals surface area (Å²) in [6, 6.07) is 23.4. The van der Waals surface area contributed by atoms with Crippen LogP contribution in [-0.2, 0) is 0 Å². The van der Waals surface area contributed by atoms with E-state index in [-0.39, 0.29) is 0 Å². The summed E-state index contributed by atoms with van der Waals surface area (Å²) in [4.78, 5) is 4.96. The lowest BCUT2D eigenvalue weighted by atomic mass is 9.98. The van der Waals surface area contributed by atoms with Crippen LogP contribution in [-0.4, -0.2) is 4.98 Å². The van der Waals surface area contributed by atoms with Gasteiger partial charge in [-0.15, -0.1) is 0 Å². The van der Waals surface area contributed by atoms with Gasteiger partial charge in [-0.2, -0.15) is 0 Å². The van der Waals surface area contributed by atoms with E-state index in [1.165, 1.54) is 16.7 Å². The fraction of sp³-hybridized carbons (Fsp3) is 0.222. The largest absolute Gasteiger partial charge is 0.248 e. The predicted octanol–water partition coefficient (Wildman–Crippen LogP) is 8.12. The SMILES string of the molecule is C/C=C(\C=C/CC)c1cc(-c2cccc(C)c2)cc(-c2ccccc2)n1.CC. The topological polar surface area (TPSA) is 12.9 Å². The molecule has 1 nitrogen and oxygen atoms in total. The smallest absolute Gasteiger partial charge is 0.0715 e. The molecule has 0 bridgehead atoms. The summed E-state index contributed by atoms with van der Waals surface area (Å²) in [5.41, 5.74) is 7.98. The Morgan fingerprint density at radius 1 is 0.857 bits per heavy atom. The van der Waals surface area contributed by atoms with E-state index in [9.17, 15) is 0 Å². The van der Waals surface area contributed by atoms with Crippen molar-refractivity contribution in [3.05, 3.63) is 96.2 Å². The fourth-order valence-electron chi connectivity index (χ4n) is 3.00. The van der Waals surface area contributed by atoms with Crippen molar-refractivity contribution >= 4 is 5.57 Å². The summed E-state index contributed by atoms with van der Waals surface area (Å²) >= 11 is 0. The molecular formula is C27H31N. The third kappa shape index (κ3) is 5.53. The summed E-state index contributed by atoms with van der Waals surface area (Å²) in [5, 5.41) is 0. The van der Waals surface area contributed by atoms with Crippen molar-refractivity contribution in [2.75, 3.05) is 0 Å². The molecule has 0 spiro atoms. The number of pyridine rings is 1. The Labute approximate surface area is 170 Å². The maximum atomic E-state index is 4.96. The molecule has 0 N–H and O–H groups in total. The molecule has 0 unspecified atom stereocenters. The molecule has 0 aliphatic rings. The number of rotatable bonds is 5. The standard InChI is InChI=1S/C25H25N.C2H6/c1-4-6-12-20(5-2)24-17-23(22-15-10-11-19(3)16-22)18-25(26-24)21-13-8-7-9-14-21;1-2/h5-18H,4H2,1-3H3;1-2H3/b12-6-,20-5+;. The Kier molecular flexibility index (Phi) is 8.42. The van der Waals surface area contributed by atoms with E-state index in [1.54, 1.807) is 0 Å². The first-order valence-electron chi connectivity index (χ1n) is 10.2. The zero-order chi connectivity index (χ0) is 20.4. The summed E-state index contributed by atoms with van der Waals surface area (Å²) in [7, 11) is 0. The van der Waals surface area contributed by atoms with Crippen LogP contribution in [0.2, 0.25) is 0 Å². The molecule has 0 fully saturated rings. The monoisotopic (exact) mass is 369 g/mol. The van der Waals surface area contributed by atoms with E-state index in [0.29, 0.717) is 0 Å². The van der Waals surface area contributed by atoms with Crippen LogP contribution in [0.25, 0.3) is 28.0 Å². The molecule has 0 amide bonds. The van der Waals surface area contributed by atoms with E-state index in [1.807, 2.05) is 19.9 Å². The van der Waals surface area contributed by atoms with Crippen LogP contribution in [0.1, 0.15) is 45.4 Å². The van der Waals surface area contributed by atoms with Gasteiger partial charge in [-0.25, -0.2) is 4.98 Å². The maximum absolute atomic E-state index is 4.96. The van der Waals surface area contributed by atoms with Gasteiger partial charge in [0.1, 0.15) is 0 Å². The van der Waals surface area contributed by atoms with Crippen LogP contribution in [0, 0.1) is 6.92 Å². The summed E-state index contributed by atoms with van der Waals surface area (Å²) in [5.74, 6) is 0. The van der Waals surface area contributed by atoms with Crippen LogP contribution in [0.5, 0.6) is 0 Å². The van der Waals surface area contributed by atoms with Crippen molar-refractivity contribution in [3.63, 3.8) is 0 Å². The highest BCUT2D eigenvalue weighted by atomic mass is 14.7. The molecule has 3 rings (SSSR count). The number of allylic oxidation sites excluding steroid dienone is 4. The highest BCUT2D eigenvalue weighted by molar-refractivity contribution is 5.79. The van der Waals surface area contributed by atoms with E-state index in [2.05, 4.69) is 99.7 Å². The highest BCUT2D eigenvalue weighted by Crippen LogP contribution is 2.29. The molecule has 0 radical (unpaired) electrons. The Bertz CT molecular complexity index is 933. The molecule has 0 atom stereocenters. The minimum atomic E-state index is 1.00. The van der Waals surface area contributed by atoms with Crippen molar-refractivity contribution in [2.45, 2.75) is 41.0 Å². The molecule has 0 aliphatic carbocycles. The first kappa shape index (κ1) is 21.4. The zero-order valence-electron chi connectivity index (χ0n) is 17.7. The number of benzene rings is 2. The molecule has 28 heavy (non-hydrogen) atoms. The maximum Gasteiger partial charge on any atom is 0.0715 e. The molecule has 1 aromatic heterocycles. The molecule has 1 heterocycles. The average molecular weight is 370 g/mol. The van der Waals surface area contributed by atoms with Gasteiger partial charge in [-0.05, 0) is 49.1 Å². The van der Waals surface area contributed by atoms with Crippen molar-refractivity contribution in [1.29, 1.82) is 0 Å². The van der Waals surface area contributed by atoms with Gasteiger partial charge in [0, 0.05) is 5.56 Å². The van der Waals surface area contributed by atoms with E-state index < -0.39 is 0 Å². The van der Waals surface area contributed by atoms with Gasteiger partial charge >= 0.3 is 0 Å². The lowest BCUT2D eigenvalue weighted by molar-refractivity contribution is 1.22. The van der Waals surface area contributed by atoms with Gasteiger partial charge in [0.25, 0.3) is 0 Å². The van der Waals surface area contributed by atoms with Crippen LogP contribution >= 0.6 is 0 Å². The van der Waals surface area contributed by atoms with Gasteiger partial charge in [0.05, 0.1) is 11.4 Å². The zero-order valence-corrected chi connectivity index (χ0v) is 17.7. The van der Waals surface area contributed by atoms with E-state index in [4.69, 9.17) is 4.98 Å². The molecule has 144 valence electrons. The molecule has 0 saturated carbocycles. The molecule has 3 aromatic rings. The minimum absolute atomic E-state index is 1.00. The van der Waals surface area contributed by atoms with Crippen LogP contribution < -0.4 is 0 Å². The predicted molar refractivity (Wildman–Crippen MR) is 124 cm³/mol.